The van der Waals surface area contributed by atoms with E-state index in [0.29, 0.717) is 24.1 Å². The Bertz CT molecular complexity index is 1620. The standard InChI is InChI=1S/C31H31FN4O4S/c1-18-14-22(20-10-12-35(13-11-20)30(37)21-6-7-21)8-9-26(18)40-17-23-15-19(2)41-28(23)25-4-3-5-27(34-25)36-29(32)24(16-33-36)31(38)39/h3-5,8-9,14-16,20-21H,6-7,10-13,17H2,1-2H3,(H,38,39). The first-order chi connectivity index (χ1) is 19.8. The lowest BCUT2D eigenvalue weighted by atomic mass is 9.88. The quantitative estimate of drug-likeness (QED) is 0.271. The molecule has 6 rings (SSSR count). The summed E-state index contributed by atoms with van der Waals surface area (Å²) in [6.07, 6.45) is 5.06. The van der Waals surface area contributed by atoms with Gasteiger partial charge >= 0.3 is 5.97 Å². The van der Waals surface area contributed by atoms with Gasteiger partial charge in [0, 0.05) is 29.4 Å². The number of aromatic nitrogens is 3. The molecule has 4 aromatic rings. The Morgan fingerprint density at radius 1 is 1.10 bits per heavy atom. The topological polar surface area (TPSA) is 97.6 Å². The molecule has 2 fully saturated rings. The van der Waals surface area contributed by atoms with Gasteiger partial charge in [-0.3, -0.25) is 4.79 Å². The summed E-state index contributed by atoms with van der Waals surface area (Å²) in [5.41, 5.74) is 3.44. The van der Waals surface area contributed by atoms with Gasteiger partial charge in [-0.15, -0.1) is 11.3 Å². The molecule has 0 atom stereocenters. The lowest BCUT2D eigenvalue weighted by Crippen LogP contribution is -2.38. The minimum absolute atomic E-state index is 0.194. The molecule has 8 nitrogen and oxygen atoms in total. The van der Waals surface area contributed by atoms with Gasteiger partial charge < -0.3 is 14.7 Å². The Morgan fingerprint density at radius 2 is 1.88 bits per heavy atom. The van der Waals surface area contributed by atoms with E-state index in [2.05, 4.69) is 35.2 Å². The van der Waals surface area contributed by atoms with E-state index in [-0.39, 0.29) is 11.7 Å². The molecule has 0 radical (unpaired) electrons. The summed E-state index contributed by atoms with van der Waals surface area (Å²) >= 11 is 1.57. The normalized spacial score (nSPS) is 15.7. The summed E-state index contributed by atoms with van der Waals surface area (Å²) < 4.78 is 21.8. The molecular formula is C31H31FN4O4S. The molecule has 1 saturated carbocycles. The Labute approximate surface area is 241 Å². The maximum atomic E-state index is 14.6. The summed E-state index contributed by atoms with van der Waals surface area (Å²) in [5.74, 6) is -0.276. The van der Waals surface area contributed by atoms with E-state index in [9.17, 15) is 14.0 Å². The highest BCUT2D eigenvalue weighted by Crippen LogP contribution is 2.36. The fourth-order valence-corrected chi connectivity index (χ4v) is 6.45. The number of carbonyl (C=O) groups is 2. The number of likely N-dealkylation sites (tertiary alicyclic amines) is 1. The van der Waals surface area contributed by atoms with Crippen molar-refractivity contribution >= 4 is 23.2 Å². The number of benzene rings is 1. The van der Waals surface area contributed by atoms with E-state index < -0.39 is 17.5 Å². The molecular weight excluding hydrogens is 543 g/mol. The van der Waals surface area contributed by atoms with Crippen LogP contribution in [0.3, 0.4) is 0 Å². The monoisotopic (exact) mass is 574 g/mol. The van der Waals surface area contributed by atoms with Crippen molar-refractivity contribution < 1.29 is 23.8 Å². The molecule has 1 aliphatic heterocycles. The van der Waals surface area contributed by atoms with Gasteiger partial charge in [-0.1, -0.05) is 18.2 Å². The molecule has 1 N–H and O–H groups in total. The average molecular weight is 575 g/mol. The molecule has 4 heterocycles. The number of carboxylic acids is 1. The van der Waals surface area contributed by atoms with Crippen LogP contribution in [0.2, 0.25) is 0 Å². The van der Waals surface area contributed by atoms with E-state index in [1.807, 2.05) is 24.0 Å². The third-order valence-corrected chi connectivity index (χ3v) is 8.96. The summed E-state index contributed by atoms with van der Waals surface area (Å²) in [7, 11) is 0. The van der Waals surface area contributed by atoms with Crippen molar-refractivity contribution in [3.8, 4) is 22.1 Å². The van der Waals surface area contributed by atoms with Gasteiger partial charge in [-0.2, -0.15) is 14.2 Å². The predicted molar refractivity (Wildman–Crippen MR) is 153 cm³/mol. The molecule has 3 aromatic heterocycles. The first-order valence-electron chi connectivity index (χ1n) is 13.8. The number of halogens is 1. The maximum Gasteiger partial charge on any atom is 0.342 e. The number of nitrogens with zero attached hydrogens (tertiary/aromatic N) is 4. The largest absolute Gasteiger partial charge is 0.489 e. The zero-order chi connectivity index (χ0) is 28.7. The number of carboxylic acid groups (broad SMARTS) is 1. The number of aromatic carboxylic acids is 1. The number of aryl methyl sites for hydroxylation is 2. The summed E-state index contributed by atoms with van der Waals surface area (Å²) in [6, 6.07) is 13.6. The Hall–Kier alpha value is -4.05. The van der Waals surface area contributed by atoms with Crippen molar-refractivity contribution in [1.29, 1.82) is 0 Å². The van der Waals surface area contributed by atoms with E-state index in [4.69, 9.17) is 9.84 Å². The number of rotatable bonds is 8. The minimum atomic E-state index is -1.38. The van der Waals surface area contributed by atoms with Crippen LogP contribution < -0.4 is 4.74 Å². The minimum Gasteiger partial charge on any atom is -0.489 e. The van der Waals surface area contributed by atoms with Crippen molar-refractivity contribution in [2.45, 2.75) is 52.1 Å². The number of amides is 1. The first-order valence-corrected chi connectivity index (χ1v) is 14.7. The lowest BCUT2D eigenvalue weighted by Gasteiger charge is -2.32. The maximum absolute atomic E-state index is 14.6. The molecule has 10 heteroatoms. The Kier molecular flexibility index (Phi) is 7.33. The first kappa shape index (κ1) is 27.1. The van der Waals surface area contributed by atoms with Crippen molar-refractivity contribution in [2.24, 2.45) is 5.92 Å². The van der Waals surface area contributed by atoms with Gasteiger partial charge in [-0.05, 0) is 80.8 Å². The summed E-state index contributed by atoms with van der Waals surface area (Å²) in [6.45, 7) is 6.07. The molecule has 1 saturated heterocycles. The van der Waals surface area contributed by atoms with Crippen molar-refractivity contribution in [1.82, 2.24) is 19.7 Å². The van der Waals surface area contributed by atoms with Crippen LogP contribution in [-0.4, -0.2) is 49.7 Å². The fourth-order valence-electron chi connectivity index (χ4n) is 5.46. The Balaban J connectivity index is 1.15. The third-order valence-electron chi connectivity index (χ3n) is 7.84. The van der Waals surface area contributed by atoms with Gasteiger partial charge in [0.2, 0.25) is 11.9 Å². The van der Waals surface area contributed by atoms with Crippen LogP contribution in [0.25, 0.3) is 16.4 Å². The highest BCUT2D eigenvalue weighted by molar-refractivity contribution is 7.15. The van der Waals surface area contributed by atoms with Crippen LogP contribution in [0.5, 0.6) is 5.75 Å². The van der Waals surface area contributed by atoms with Crippen LogP contribution in [0.1, 0.15) is 63.5 Å². The molecule has 41 heavy (non-hydrogen) atoms. The highest BCUT2D eigenvalue weighted by atomic mass is 32.1. The molecule has 1 aromatic carbocycles. The number of ether oxygens (including phenoxy) is 1. The number of pyridine rings is 1. The van der Waals surface area contributed by atoms with Gasteiger partial charge in [0.15, 0.2) is 5.82 Å². The zero-order valence-electron chi connectivity index (χ0n) is 23.0. The Morgan fingerprint density at radius 3 is 2.56 bits per heavy atom. The second-order valence-electron chi connectivity index (χ2n) is 10.8. The van der Waals surface area contributed by atoms with Crippen LogP contribution in [0.15, 0.2) is 48.7 Å². The average Bonchev–Trinajstić information content (AvgIpc) is 3.65. The van der Waals surface area contributed by atoms with Crippen LogP contribution in [0, 0.1) is 25.7 Å². The van der Waals surface area contributed by atoms with E-state index >= 15 is 0 Å². The van der Waals surface area contributed by atoms with E-state index in [1.165, 1.54) is 5.56 Å². The number of piperidine rings is 1. The van der Waals surface area contributed by atoms with Crippen molar-refractivity contribution in [3.63, 3.8) is 0 Å². The molecule has 212 valence electrons. The summed E-state index contributed by atoms with van der Waals surface area (Å²) in [4.78, 5) is 32.2. The predicted octanol–water partition coefficient (Wildman–Crippen LogP) is 6.14. The smallest absolute Gasteiger partial charge is 0.342 e. The third kappa shape index (κ3) is 5.61. The van der Waals surface area contributed by atoms with Gasteiger partial charge in [0.1, 0.15) is 17.9 Å². The molecule has 0 bridgehead atoms. The molecule has 0 unspecified atom stereocenters. The molecule has 1 amide bonds. The van der Waals surface area contributed by atoms with Crippen LogP contribution >= 0.6 is 11.3 Å². The van der Waals surface area contributed by atoms with Crippen LogP contribution in [0.4, 0.5) is 4.39 Å². The zero-order valence-corrected chi connectivity index (χ0v) is 23.8. The number of hydrogen-bond donors (Lipinski definition) is 1. The highest BCUT2D eigenvalue weighted by Gasteiger charge is 2.35. The fraction of sp³-hybridized carbons (Fsp3) is 0.355. The molecule has 2 aliphatic rings. The van der Waals surface area contributed by atoms with E-state index in [1.54, 1.807) is 23.5 Å². The van der Waals surface area contributed by atoms with Gasteiger partial charge in [0.25, 0.3) is 0 Å². The molecule has 1 aliphatic carbocycles. The number of carbonyl (C=O) groups excluding carboxylic acids is 1. The number of hydrogen-bond acceptors (Lipinski definition) is 6. The number of thiophene rings is 1. The second kappa shape index (κ2) is 11.1. The summed E-state index contributed by atoms with van der Waals surface area (Å²) in [5, 5.41) is 13.0. The van der Waals surface area contributed by atoms with Gasteiger partial charge in [0.05, 0.1) is 16.8 Å². The van der Waals surface area contributed by atoms with Crippen molar-refractivity contribution in [2.75, 3.05) is 13.1 Å². The SMILES string of the molecule is Cc1cc(COc2ccc(C3CCN(C(=O)C4CC4)CC3)cc2C)c(-c2cccc(-n3ncc(C(=O)O)c3F)n2)s1. The second-order valence-corrected chi connectivity index (χ2v) is 12.1. The lowest BCUT2D eigenvalue weighted by molar-refractivity contribution is -0.133. The van der Waals surface area contributed by atoms with Crippen LogP contribution in [-0.2, 0) is 11.4 Å². The molecule has 0 spiro atoms. The van der Waals surface area contributed by atoms with E-state index in [0.717, 1.165) is 76.3 Å². The van der Waals surface area contributed by atoms with Crippen molar-refractivity contribution in [3.05, 3.63) is 81.7 Å². The van der Waals surface area contributed by atoms with Gasteiger partial charge in [-0.25, -0.2) is 9.78 Å².